The van der Waals surface area contributed by atoms with Crippen molar-refractivity contribution in [2.45, 2.75) is 19.9 Å². The third-order valence-corrected chi connectivity index (χ3v) is 3.49. The molecular formula is C18H22N2O. The predicted molar refractivity (Wildman–Crippen MR) is 87.2 cm³/mol. The van der Waals surface area contributed by atoms with Crippen molar-refractivity contribution in [1.29, 1.82) is 0 Å². The third-order valence-electron chi connectivity index (χ3n) is 3.49. The van der Waals surface area contributed by atoms with Crippen molar-refractivity contribution in [1.82, 2.24) is 4.90 Å². The molecule has 0 fully saturated rings. The summed E-state index contributed by atoms with van der Waals surface area (Å²) in [5.41, 5.74) is 3.44. The van der Waals surface area contributed by atoms with Crippen LogP contribution in [0.4, 0.5) is 5.69 Å². The molecular weight excluding hydrogens is 260 g/mol. The number of aryl methyl sites for hydroxylation is 1. The van der Waals surface area contributed by atoms with Gasteiger partial charge in [-0.1, -0.05) is 49.4 Å². The molecule has 0 saturated carbocycles. The second-order valence-corrected chi connectivity index (χ2v) is 5.14. The number of hydrogen-bond donors (Lipinski definition) is 1. The summed E-state index contributed by atoms with van der Waals surface area (Å²) in [6, 6.07) is 18.2. The average Bonchev–Trinajstić information content (AvgIpc) is 2.54. The SMILES string of the molecule is CCc1ccc(CN(C)C(=O)CNc2ccccc2)cc1. The van der Waals surface area contributed by atoms with Crippen LogP contribution in [0.1, 0.15) is 18.1 Å². The molecule has 0 unspecified atom stereocenters. The third kappa shape index (κ3) is 4.63. The summed E-state index contributed by atoms with van der Waals surface area (Å²) >= 11 is 0. The van der Waals surface area contributed by atoms with Crippen LogP contribution in [0, 0.1) is 0 Å². The highest BCUT2D eigenvalue weighted by molar-refractivity contribution is 5.80. The van der Waals surface area contributed by atoms with Crippen LogP contribution in [0.5, 0.6) is 0 Å². The molecule has 0 heterocycles. The first-order valence-corrected chi connectivity index (χ1v) is 7.29. The van der Waals surface area contributed by atoms with Crippen molar-refractivity contribution in [3.63, 3.8) is 0 Å². The number of carbonyl (C=O) groups is 1. The molecule has 1 amide bonds. The molecule has 110 valence electrons. The number of rotatable bonds is 6. The molecule has 21 heavy (non-hydrogen) atoms. The Kier molecular flexibility index (Phi) is 5.38. The molecule has 0 aliphatic rings. The Hall–Kier alpha value is -2.29. The van der Waals surface area contributed by atoms with Gasteiger partial charge in [-0.25, -0.2) is 0 Å². The van der Waals surface area contributed by atoms with E-state index in [1.54, 1.807) is 4.90 Å². The van der Waals surface area contributed by atoms with Crippen LogP contribution in [-0.4, -0.2) is 24.4 Å². The Labute approximate surface area is 126 Å². The Balaban J connectivity index is 1.84. The first-order chi connectivity index (χ1) is 10.2. The number of anilines is 1. The number of nitrogens with zero attached hydrogens (tertiary/aromatic N) is 1. The van der Waals surface area contributed by atoms with Gasteiger partial charge in [0.2, 0.25) is 5.91 Å². The van der Waals surface area contributed by atoms with E-state index in [1.165, 1.54) is 5.56 Å². The zero-order valence-corrected chi connectivity index (χ0v) is 12.7. The van der Waals surface area contributed by atoms with Crippen molar-refractivity contribution >= 4 is 11.6 Å². The molecule has 2 rings (SSSR count). The van der Waals surface area contributed by atoms with Gasteiger partial charge in [-0.2, -0.15) is 0 Å². The predicted octanol–water partition coefficient (Wildman–Crippen LogP) is 3.32. The van der Waals surface area contributed by atoms with Gasteiger partial charge in [-0.15, -0.1) is 0 Å². The molecule has 1 N–H and O–H groups in total. The number of benzene rings is 2. The standard InChI is InChI=1S/C18H22N2O/c1-3-15-9-11-16(12-10-15)14-20(2)18(21)13-19-17-7-5-4-6-8-17/h4-12,19H,3,13-14H2,1-2H3. The maximum atomic E-state index is 12.1. The van der Waals surface area contributed by atoms with Crippen LogP contribution in [-0.2, 0) is 17.8 Å². The largest absolute Gasteiger partial charge is 0.376 e. The van der Waals surface area contributed by atoms with Crippen LogP contribution in [0.2, 0.25) is 0 Å². The second-order valence-electron chi connectivity index (χ2n) is 5.14. The molecule has 2 aromatic rings. The fraction of sp³-hybridized carbons (Fsp3) is 0.278. The molecule has 0 aliphatic carbocycles. The minimum absolute atomic E-state index is 0.0819. The van der Waals surface area contributed by atoms with E-state index in [2.05, 4.69) is 36.5 Å². The lowest BCUT2D eigenvalue weighted by molar-refractivity contribution is -0.128. The molecule has 0 saturated heterocycles. The van der Waals surface area contributed by atoms with Crippen molar-refractivity contribution in [2.75, 3.05) is 18.9 Å². The van der Waals surface area contributed by atoms with Crippen LogP contribution in [0.3, 0.4) is 0 Å². The van der Waals surface area contributed by atoms with E-state index in [1.807, 2.05) is 37.4 Å². The van der Waals surface area contributed by atoms with E-state index in [0.29, 0.717) is 13.1 Å². The van der Waals surface area contributed by atoms with Crippen LogP contribution < -0.4 is 5.32 Å². The molecule has 0 aliphatic heterocycles. The Morgan fingerprint density at radius 3 is 2.24 bits per heavy atom. The van der Waals surface area contributed by atoms with E-state index >= 15 is 0 Å². The van der Waals surface area contributed by atoms with E-state index in [4.69, 9.17) is 0 Å². The highest BCUT2D eigenvalue weighted by Crippen LogP contribution is 2.08. The molecule has 3 nitrogen and oxygen atoms in total. The van der Waals surface area contributed by atoms with E-state index in [0.717, 1.165) is 17.7 Å². The van der Waals surface area contributed by atoms with Gasteiger partial charge in [-0.3, -0.25) is 4.79 Å². The van der Waals surface area contributed by atoms with E-state index in [-0.39, 0.29) is 5.91 Å². The number of likely N-dealkylation sites (N-methyl/N-ethyl adjacent to an activating group) is 1. The normalized spacial score (nSPS) is 10.2. The molecule has 0 aromatic heterocycles. The first kappa shape index (κ1) is 15.1. The topological polar surface area (TPSA) is 32.3 Å². The maximum Gasteiger partial charge on any atom is 0.241 e. The quantitative estimate of drug-likeness (QED) is 0.881. The van der Waals surface area contributed by atoms with Gasteiger partial charge in [0.25, 0.3) is 0 Å². The fourth-order valence-corrected chi connectivity index (χ4v) is 2.11. The summed E-state index contributed by atoms with van der Waals surface area (Å²) in [6.07, 6.45) is 1.04. The van der Waals surface area contributed by atoms with Gasteiger partial charge in [-0.05, 0) is 29.7 Å². The highest BCUT2D eigenvalue weighted by atomic mass is 16.2. The van der Waals surface area contributed by atoms with Gasteiger partial charge in [0, 0.05) is 19.3 Å². The average molecular weight is 282 g/mol. The zero-order valence-electron chi connectivity index (χ0n) is 12.7. The summed E-state index contributed by atoms with van der Waals surface area (Å²) < 4.78 is 0. The monoisotopic (exact) mass is 282 g/mol. The van der Waals surface area contributed by atoms with Crippen LogP contribution in [0.15, 0.2) is 54.6 Å². The van der Waals surface area contributed by atoms with Crippen molar-refractivity contribution < 1.29 is 4.79 Å². The summed E-state index contributed by atoms with van der Waals surface area (Å²) in [5, 5.41) is 3.14. The lowest BCUT2D eigenvalue weighted by Crippen LogP contribution is -2.31. The lowest BCUT2D eigenvalue weighted by atomic mass is 10.1. The Morgan fingerprint density at radius 2 is 1.62 bits per heavy atom. The second kappa shape index (κ2) is 7.48. The van der Waals surface area contributed by atoms with Crippen LogP contribution >= 0.6 is 0 Å². The lowest BCUT2D eigenvalue weighted by Gasteiger charge is -2.18. The summed E-state index contributed by atoms with van der Waals surface area (Å²) in [5.74, 6) is 0.0819. The number of hydrogen-bond acceptors (Lipinski definition) is 2. The Bertz CT molecular complexity index is 564. The minimum Gasteiger partial charge on any atom is -0.376 e. The van der Waals surface area contributed by atoms with Gasteiger partial charge in [0.15, 0.2) is 0 Å². The van der Waals surface area contributed by atoms with Crippen molar-refractivity contribution in [3.05, 3.63) is 65.7 Å². The summed E-state index contributed by atoms with van der Waals surface area (Å²) in [4.78, 5) is 13.9. The molecule has 0 spiro atoms. The smallest absolute Gasteiger partial charge is 0.241 e. The first-order valence-electron chi connectivity index (χ1n) is 7.29. The molecule has 3 heteroatoms. The molecule has 0 radical (unpaired) electrons. The number of nitrogens with one attached hydrogen (secondary N) is 1. The number of para-hydroxylation sites is 1. The van der Waals surface area contributed by atoms with E-state index < -0.39 is 0 Å². The van der Waals surface area contributed by atoms with Gasteiger partial charge in [0.05, 0.1) is 6.54 Å². The summed E-state index contributed by atoms with van der Waals surface area (Å²) in [7, 11) is 1.84. The van der Waals surface area contributed by atoms with Gasteiger partial charge >= 0.3 is 0 Å². The number of carbonyl (C=O) groups excluding carboxylic acids is 1. The fourth-order valence-electron chi connectivity index (χ4n) is 2.11. The summed E-state index contributed by atoms with van der Waals surface area (Å²) in [6.45, 7) is 3.09. The maximum absolute atomic E-state index is 12.1. The molecule has 2 aromatic carbocycles. The van der Waals surface area contributed by atoms with Crippen LogP contribution in [0.25, 0.3) is 0 Å². The zero-order chi connectivity index (χ0) is 15.1. The Morgan fingerprint density at radius 1 is 1.00 bits per heavy atom. The number of amides is 1. The minimum atomic E-state index is 0.0819. The van der Waals surface area contributed by atoms with Gasteiger partial charge in [0.1, 0.15) is 0 Å². The van der Waals surface area contributed by atoms with Crippen molar-refractivity contribution in [3.8, 4) is 0 Å². The molecule has 0 bridgehead atoms. The highest BCUT2D eigenvalue weighted by Gasteiger charge is 2.08. The molecule has 0 atom stereocenters. The van der Waals surface area contributed by atoms with E-state index in [9.17, 15) is 4.79 Å². The van der Waals surface area contributed by atoms with Gasteiger partial charge < -0.3 is 10.2 Å². The van der Waals surface area contributed by atoms with Crippen molar-refractivity contribution in [2.24, 2.45) is 0 Å².